The Hall–Kier alpha value is -2.95. The first-order valence-corrected chi connectivity index (χ1v) is 7.36. The second-order valence-corrected chi connectivity index (χ2v) is 5.13. The molecule has 3 rings (SSSR count). The van der Waals surface area contributed by atoms with Gasteiger partial charge in [-0.25, -0.2) is 9.37 Å². The molecule has 1 amide bonds. The van der Waals surface area contributed by atoms with Crippen molar-refractivity contribution >= 4 is 11.6 Å². The van der Waals surface area contributed by atoms with Crippen LogP contribution in [0.5, 0.6) is 0 Å². The number of amides is 1. The predicted molar refractivity (Wildman–Crippen MR) is 87.3 cm³/mol. The van der Waals surface area contributed by atoms with Crippen LogP contribution in [0.15, 0.2) is 61.1 Å². The van der Waals surface area contributed by atoms with Crippen molar-refractivity contribution in [3.63, 3.8) is 0 Å². The number of anilines is 1. The molecule has 4 nitrogen and oxygen atoms in total. The van der Waals surface area contributed by atoms with Crippen molar-refractivity contribution in [1.82, 2.24) is 9.55 Å². The highest BCUT2D eigenvalue weighted by Gasteiger charge is 2.13. The molecule has 0 spiro atoms. The van der Waals surface area contributed by atoms with Crippen LogP contribution in [0.4, 0.5) is 10.1 Å². The average Bonchev–Trinajstić information content (AvgIpc) is 3.05. The summed E-state index contributed by atoms with van der Waals surface area (Å²) in [6.45, 7) is 2.06. The molecule has 0 unspecified atom stereocenters. The molecule has 0 aliphatic heterocycles. The summed E-state index contributed by atoms with van der Waals surface area (Å²) < 4.78 is 14.7. The number of carbonyl (C=O) groups excluding carboxylic acids is 1. The number of benzene rings is 2. The van der Waals surface area contributed by atoms with Gasteiger partial charge in [-0.3, -0.25) is 9.36 Å². The third-order valence-electron chi connectivity index (χ3n) is 3.57. The predicted octanol–water partition coefficient (Wildman–Crippen LogP) is 3.83. The maximum Gasteiger partial charge on any atom is 0.274 e. The normalized spacial score (nSPS) is 10.5. The number of aromatic nitrogens is 2. The summed E-state index contributed by atoms with van der Waals surface area (Å²) in [6.07, 6.45) is 3.92. The highest BCUT2D eigenvalue weighted by molar-refractivity contribution is 6.03. The Balaban J connectivity index is 1.86. The minimum Gasteiger partial charge on any atom is -0.321 e. The number of hydrogen-bond donors (Lipinski definition) is 1. The number of carbonyl (C=O) groups is 1. The Kier molecular flexibility index (Phi) is 4.19. The lowest BCUT2D eigenvalue weighted by Crippen LogP contribution is -2.16. The Bertz CT molecular complexity index is 824. The van der Waals surface area contributed by atoms with Crippen LogP contribution in [0.2, 0.25) is 0 Å². The fourth-order valence-electron chi connectivity index (χ4n) is 2.33. The molecule has 0 radical (unpaired) electrons. The van der Waals surface area contributed by atoms with Crippen LogP contribution in [0.25, 0.3) is 5.69 Å². The molecule has 0 atom stereocenters. The summed E-state index contributed by atoms with van der Waals surface area (Å²) in [7, 11) is 0. The zero-order valence-corrected chi connectivity index (χ0v) is 12.7. The topological polar surface area (TPSA) is 46.9 Å². The number of aryl methyl sites for hydroxylation is 1. The van der Waals surface area contributed by atoms with Gasteiger partial charge in [-0.15, -0.1) is 0 Å². The van der Waals surface area contributed by atoms with Crippen LogP contribution in [0.1, 0.15) is 23.0 Å². The molecule has 116 valence electrons. The highest BCUT2D eigenvalue weighted by Crippen LogP contribution is 2.15. The van der Waals surface area contributed by atoms with Gasteiger partial charge >= 0.3 is 0 Å². The van der Waals surface area contributed by atoms with E-state index in [-0.39, 0.29) is 11.7 Å². The van der Waals surface area contributed by atoms with E-state index in [0.29, 0.717) is 11.4 Å². The molecule has 0 fully saturated rings. The van der Waals surface area contributed by atoms with Gasteiger partial charge in [0.15, 0.2) is 0 Å². The Morgan fingerprint density at radius 3 is 2.74 bits per heavy atom. The van der Waals surface area contributed by atoms with E-state index in [9.17, 15) is 9.18 Å². The summed E-state index contributed by atoms with van der Waals surface area (Å²) in [5, 5.41) is 2.87. The fourth-order valence-corrected chi connectivity index (χ4v) is 2.33. The minimum atomic E-state index is -0.323. The maximum atomic E-state index is 13.0. The van der Waals surface area contributed by atoms with Crippen LogP contribution in [0, 0.1) is 5.82 Å². The monoisotopic (exact) mass is 309 g/mol. The molecule has 0 saturated carbocycles. The molecular formula is C18H16FN3O. The van der Waals surface area contributed by atoms with Crippen LogP contribution in [-0.2, 0) is 6.42 Å². The molecule has 5 heteroatoms. The lowest BCUT2D eigenvalue weighted by atomic mass is 10.1. The third kappa shape index (κ3) is 3.29. The van der Waals surface area contributed by atoms with Crippen molar-refractivity contribution in [2.75, 3.05) is 5.32 Å². The molecule has 0 aliphatic carbocycles. The number of rotatable bonds is 4. The number of nitrogens with zero attached hydrogens (tertiary/aromatic N) is 2. The quantitative estimate of drug-likeness (QED) is 0.796. The number of halogens is 1. The summed E-state index contributed by atoms with van der Waals surface area (Å²) >= 11 is 0. The molecule has 2 aromatic carbocycles. The number of imidazole rings is 1. The smallest absolute Gasteiger partial charge is 0.274 e. The number of hydrogen-bond acceptors (Lipinski definition) is 2. The van der Waals surface area contributed by atoms with E-state index < -0.39 is 0 Å². The second-order valence-electron chi connectivity index (χ2n) is 5.13. The highest BCUT2D eigenvalue weighted by atomic mass is 19.1. The molecule has 1 heterocycles. The van der Waals surface area contributed by atoms with Crippen molar-refractivity contribution in [2.45, 2.75) is 13.3 Å². The molecule has 0 saturated heterocycles. The molecule has 1 aromatic heterocycles. The maximum absolute atomic E-state index is 13.0. The lowest BCUT2D eigenvalue weighted by Gasteiger charge is -2.09. The van der Waals surface area contributed by atoms with Gasteiger partial charge in [0.2, 0.25) is 0 Å². The first-order valence-electron chi connectivity index (χ1n) is 7.36. The average molecular weight is 309 g/mol. The fraction of sp³-hybridized carbons (Fsp3) is 0.111. The van der Waals surface area contributed by atoms with Gasteiger partial charge < -0.3 is 5.32 Å². The van der Waals surface area contributed by atoms with Gasteiger partial charge in [0, 0.05) is 11.4 Å². The summed E-state index contributed by atoms with van der Waals surface area (Å²) in [5.74, 6) is -0.587. The Morgan fingerprint density at radius 1 is 1.22 bits per heavy atom. The first kappa shape index (κ1) is 15.0. The van der Waals surface area contributed by atoms with Crippen LogP contribution in [0.3, 0.4) is 0 Å². The van der Waals surface area contributed by atoms with E-state index in [4.69, 9.17) is 0 Å². The van der Waals surface area contributed by atoms with Gasteiger partial charge in [-0.05, 0) is 48.4 Å². The van der Waals surface area contributed by atoms with Crippen LogP contribution in [-0.4, -0.2) is 15.5 Å². The zero-order valence-electron chi connectivity index (χ0n) is 12.7. The summed E-state index contributed by atoms with van der Waals surface area (Å²) in [6, 6.07) is 13.6. The molecule has 0 aliphatic rings. The van der Waals surface area contributed by atoms with E-state index >= 15 is 0 Å². The van der Waals surface area contributed by atoms with E-state index in [2.05, 4.69) is 17.2 Å². The van der Waals surface area contributed by atoms with Gasteiger partial charge in [0.05, 0.1) is 12.5 Å². The van der Waals surface area contributed by atoms with Gasteiger partial charge in [-0.2, -0.15) is 0 Å². The lowest BCUT2D eigenvalue weighted by molar-refractivity contribution is 0.102. The largest absolute Gasteiger partial charge is 0.321 e. The molecule has 0 bridgehead atoms. The SMILES string of the molecule is CCc1cccc(NC(=O)c2cncn2-c2ccc(F)cc2)c1. The summed E-state index contributed by atoms with van der Waals surface area (Å²) in [5.41, 5.74) is 2.95. The molecular weight excluding hydrogens is 293 g/mol. The van der Waals surface area contributed by atoms with Gasteiger partial charge in [0.1, 0.15) is 11.5 Å². The Morgan fingerprint density at radius 2 is 2.00 bits per heavy atom. The third-order valence-corrected chi connectivity index (χ3v) is 3.57. The van der Waals surface area contributed by atoms with E-state index in [1.807, 2.05) is 24.3 Å². The van der Waals surface area contributed by atoms with Crippen molar-refractivity contribution in [2.24, 2.45) is 0 Å². The van der Waals surface area contributed by atoms with Crippen molar-refractivity contribution in [3.8, 4) is 5.69 Å². The summed E-state index contributed by atoms with van der Waals surface area (Å²) in [4.78, 5) is 16.5. The molecule has 3 aromatic rings. The van der Waals surface area contributed by atoms with Gasteiger partial charge in [-0.1, -0.05) is 19.1 Å². The van der Waals surface area contributed by atoms with Crippen molar-refractivity contribution in [3.05, 3.63) is 78.1 Å². The minimum absolute atomic E-state index is 0.264. The van der Waals surface area contributed by atoms with E-state index in [1.165, 1.54) is 24.7 Å². The Labute approximate surface area is 133 Å². The van der Waals surface area contributed by atoms with Crippen molar-refractivity contribution in [1.29, 1.82) is 0 Å². The standard InChI is InChI=1S/C18H16FN3O/c1-2-13-4-3-5-15(10-13)21-18(23)17-11-20-12-22(17)16-8-6-14(19)7-9-16/h3-12H,2H2,1H3,(H,21,23). The molecule has 23 heavy (non-hydrogen) atoms. The van der Waals surface area contributed by atoms with Crippen LogP contribution >= 0.6 is 0 Å². The first-order chi connectivity index (χ1) is 11.2. The van der Waals surface area contributed by atoms with E-state index in [1.54, 1.807) is 16.7 Å². The number of nitrogens with one attached hydrogen (secondary N) is 1. The van der Waals surface area contributed by atoms with Gasteiger partial charge in [0.25, 0.3) is 5.91 Å². The second kappa shape index (κ2) is 6.44. The van der Waals surface area contributed by atoms with Crippen molar-refractivity contribution < 1.29 is 9.18 Å². The van der Waals surface area contributed by atoms with Crippen LogP contribution < -0.4 is 5.32 Å². The zero-order chi connectivity index (χ0) is 16.2. The molecule has 1 N–H and O–H groups in total. The van der Waals surface area contributed by atoms with E-state index in [0.717, 1.165) is 17.7 Å².